The third-order valence-electron chi connectivity index (χ3n) is 4.70. The number of benzene rings is 2. The number of rotatable bonds is 2. The SMILES string of the molecule is Cn1c2ccccc2c2cc(C(=O)ON3C(=O)c4ccccc4C3=O)sc21. The molecule has 4 aromatic rings. The van der Waals surface area contributed by atoms with Gasteiger partial charge < -0.3 is 9.40 Å². The molecule has 0 fully saturated rings. The number of hydroxylamine groups is 2. The molecule has 27 heavy (non-hydrogen) atoms. The molecular weight excluding hydrogens is 364 g/mol. The second kappa shape index (κ2) is 5.52. The van der Waals surface area contributed by atoms with Gasteiger partial charge in [-0.2, -0.15) is 0 Å². The third kappa shape index (κ3) is 2.15. The lowest BCUT2D eigenvalue weighted by molar-refractivity contribution is -0.0581. The van der Waals surface area contributed by atoms with Gasteiger partial charge in [-0.05, 0) is 24.3 Å². The second-order valence-electron chi connectivity index (χ2n) is 6.23. The van der Waals surface area contributed by atoms with Gasteiger partial charge in [0, 0.05) is 23.3 Å². The number of para-hydroxylation sites is 1. The second-order valence-corrected chi connectivity index (χ2v) is 7.27. The van der Waals surface area contributed by atoms with E-state index in [9.17, 15) is 14.4 Å². The molecule has 0 aliphatic carbocycles. The zero-order valence-corrected chi connectivity index (χ0v) is 14.9. The molecule has 3 heterocycles. The molecule has 1 aliphatic rings. The largest absolute Gasteiger partial charge is 0.373 e. The highest BCUT2D eigenvalue weighted by atomic mass is 32.1. The maximum absolute atomic E-state index is 12.6. The number of thiophene rings is 1. The van der Waals surface area contributed by atoms with Crippen LogP contribution in [0.5, 0.6) is 0 Å². The zero-order valence-electron chi connectivity index (χ0n) is 14.1. The molecule has 6 nitrogen and oxygen atoms in total. The van der Waals surface area contributed by atoms with Crippen LogP contribution >= 0.6 is 11.3 Å². The summed E-state index contributed by atoms with van der Waals surface area (Å²) in [6.07, 6.45) is 0. The van der Waals surface area contributed by atoms with Gasteiger partial charge in [-0.15, -0.1) is 11.3 Å². The summed E-state index contributed by atoms with van der Waals surface area (Å²) in [5.74, 6) is -1.99. The van der Waals surface area contributed by atoms with Gasteiger partial charge in [-0.3, -0.25) is 9.59 Å². The predicted octanol–water partition coefficient (Wildman–Crippen LogP) is 3.76. The molecule has 2 amide bonds. The van der Waals surface area contributed by atoms with Gasteiger partial charge in [-0.1, -0.05) is 35.4 Å². The smallest absolute Gasteiger partial charge is 0.335 e. The van der Waals surface area contributed by atoms with Crippen LogP contribution in [0.3, 0.4) is 0 Å². The quantitative estimate of drug-likeness (QED) is 0.500. The van der Waals surface area contributed by atoms with Crippen molar-refractivity contribution in [2.24, 2.45) is 7.05 Å². The average Bonchev–Trinajstić information content (AvgIpc) is 3.31. The Hall–Kier alpha value is -3.45. The van der Waals surface area contributed by atoms with Crippen LogP contribution in [-0.4, -0.2) is 27.4 Å². The summed E-state index contributed by atoms with van der Waals surface area (Å²) >= 11 is 1.27. The molecule has 0 saturated carbocycles. The van der Waals surface area contributed by atoms with Crippen molar-refractivity contribution in [1.82, 2.24) is 9.63 Å². The predicted molar refractivity (Wildman–Crippen MR) is 101 cm³/mol. The van der Waals surface area contributed by atoms with Gasteiger partial charge in [0.1, 0.15) is 9.71 Å². The van der Waals surface area contributed by atoms with Crippen LogP contribution in [0.25, 0.3) is 21.1 Å². The first-order valence-corrected chi connectivity index (χ1v) is 9.05. The van der Waals surface area contributed by atoms with E-state index in [4.69, 9.17) is 4.84 Å². The number of nitrogens with zero attached hydrogens (tertiary/aromatic N) is 2. The number of hydrogen-bond acceptors (Lipinski definition) is 5. The standard InChI is InChI=1S/C20H12N2O4S/c1-21-15-9-5-4-6-11(15)14-10-16(27-19(14)21)20(25)26-22-17(23)12-7-2-3-8-13(12)18(22)24/h2-10H,1H3. The van der Waals surface area contributed by atoms with E-state index >= 15 is 0 Å². The first-order chi connectivity index (χ1) is 13.1. The Kier molecular flexibility index (Phi) is 3.23. The molecule has 7 heteroatoms. The fraction of sp³-hybridized carbons (Fsp3) is 0.0500. The lowest BCUT2D eigenvalue weighted by Crippen LogP contribution is -2.32. The number of hydrogen-bond donors (Lipinski definition) is 0. The first kappa shape index (κ1) is 15.8. The molecule has 2 aromatic carbocycles. The molecule has 0 bridgehead atoms. The minimum atomic E-state index is -0.727. The van der Waals surface area contributed by atoms with Crippen molar-refractivity contribution in [3.05, 3.63) is 70.6 Å². The van der Waals surface area contributed by atoms with E-state index in [0.29, 0.717) is 9.94 Å². The van der Waals surface area contributed by atoms with E-state index in [0.717, 1.165) is 21.1 Å². The van der Waals surface area contributed by atoms with Gasteiger partial charge in [-0.25, -0.2) is 4.79 Å². The third-order valence-corrected chi connectivity index (χ3v) is 5.90. The van der Waals surface area contributed by atoms with E-state index in [1.165, 1.54) is 23.5 Å². The van der Waals surface area contributed by atoms with E-state index in [2.05, 4.69) is 0 Å². The van der Waals surface area contributed by atoms with Crippen molar-refractivity contribution in [2.75, 3.05) is 0 Å². The summed E-state index contributed by atoms with van der Waals surface area (Å²) in [5, 5.41) is 2.51. The highest BCUT2D eigenvalue weighted by molar-refractivity contribution is 7.20. The van der Waals surface area contributed by atoms with Crippen LogP contribution in [0.15, 0.2) is 54.6 Å². The number of carbonyl (C=O) groups is 3. The summed E-state index contributed by atoms with van der Waals surface area (Å²) in [6, 6.07) is 16.0. The van der Waals surface area contributed by atoms with Gasteiger partial charge >= 0.3 is 5.97 Å². The van der Waals surface area contributed by atoms with Crippen LogP contribution < -0.4 is 0 Å². The summed E-state index contributed by atoms with van der Waals surface area (Å²) in [7, 11) is 1.93. The average molecular weight is 376 g/mol. The van der Waals surface area contributed by atoms with Crippen LogP contribution in [0.4, 0.5) is 0 Å². The number of carbonyl (C=O) groups excluding carboxylic acids is 3. The maximum Gasteiger partial charge on any atom is 0.373 e. The molecule has 2 aromatic heterocycles. The summed E-state index contributed by atoms with van der Waals surface area (Å²) in [4.78, 5) is 43.7. The van der Waals surface area contributed by atoms with Crippen molar-refractivity contribution in [2.45, 2.75) is 0 Å². The summed E-state index contributed by atoms with van der Waals surface area (Å²) in [5.41, 5.74) is 1.54. The maximum atomic E-state index is 12.6. The number of fused-ring (bicyclic) bond motifs is 4. The Morgan fingerprint density at radius 1 is 0.926 bits per heavy atom. The number of imide groups is 1. The van der Waals surface area contributed by atoms with Crippen LogP contribution in [0.2, 0.25) is 0 Å². The normalized spacial score (nSPS) is 13.6. The molecule has 0 N–H and O–H groups in total. The van der Waals surface area contributed by atoms with Crippen molar-refractivity contribution < 1.29 is 19.2 Å². The Balaban J connectivity index is 1.50. The highest BCUT2D eigenvalue weighted by Crippen LogP contribution is 2.35. The van der Waals surface area contributed by atoms with Crippen LogP contribution in [-0.2, 0) is 11.9 Å². The fourth-order valence-electron chi connectivity index (χ4n) is 3.41. The minimum absolute atomic E-state index is 0.234. The lowest BCUT2D eigenvalue weighted by Gasteiger charge is -2.11. The van der Waals surface area contributed by atoms with Gasteiger partial charge in [0.25, 0.3) is 11.8 Å². The lowest BCUT2D eigenvalue weighted by atomic mass is 10.1. The van der Waals surface area contributed by atoms with E-state index < -0.39 is 17.8 Å². The number of aromatic nitrogens is 1. The van der Waals surface area contributed by atoms with E-state index in [1.54, 1.807) is 18.2 Å². The summed E-state index contributed by atoms with van der Waals surface area (Å²) < 4.78 is 2.01. The van der Waals surface area contributed by atoms with Gasteiger partial charge in [0.15, 0.2) is 0 Å². The Morgan fingerprint density at radius 3 is 2.26 bits per heavy atom. The Morgan fingerprint density at radius 2 is 1.56 bits per heavy atom. The molecule has 0 radical (unpaired) electrons. The molecular formula is C20H12N2O4S. The monoisotopic (exact) mass is 376 g/mol. The highest BCUT2D eigenvalue weighted by Gasteiger charge is 2.39. The molecule has 0 saturated heterocycles. The summed E-state index contributed by atoms with van der Waals surface area (Å²) in [6.45, 7) is 0. The van der Waals surface area contributed by atoms with Crippen molar-refractivity contribution in [3.8, 4) is 0 Å². The number of aryl methyl sites for hydroxylation is 1. The Bertz CT molecular complexity index is 1250. The van der Waals surface area contributed by atoms with Crippen molar-refractivity contribution in [3.63, 3.8) is 0 Å². The zero-order chi connectivity index (χ0) is 18.7. The van der Waals surface area contributed by atoms with E-state index in [-0.39, 0.29) is 11.1 Å². The first-order valence-electron chi connectivity index (χ1n) is 8.23. The van der Waals surface area contributed by atoms with Crippen LogP contribution in [0.1, 0.15) is 30.4 Å². The van der Waals surface area contributed by atoms with Crippen molar-refractivity contribution in [1.29, 1.82) is 0 Å². The van der Waals surface area contributed by atoms with Gasteiger partial charge in [0.2, 0.25) is 0 Å². The molecule has 0 spiro atoms. The molecule has 5 rings (SSSR count). The number of amides is 2. The molecule has 0 atom stereocenters. The van der Waals surface area contributed by atoms with Crippen molar-refractivity contribution >= 4 is 50.2 Å². The van der Waals surface area contributed by atoms with Crippen LogP contribution in [0, 0.1) is 0 Å². The fourth-order valence-corrected chi connectivity index (χ4v) is 4.43. The minimum Gasteiger partial charge on any atom is -0.335 e. The van der Waals surface area contributed by atoms with E-state index in [1.807, 2.05) is 35.9 Å². The topological polar surface area (TPSA) is 68.6 Å². The molecule has 132 valence electrons. The Labute approximate surface area is 157 Å². The molecule has 1 aliphatic heterocycles. The molecule has 0 unspecified atom stereocenters. The van der Waals surface area contributed by atoms with Gasteiger partial charge in [0.05, 0.1) is 11.1 Å².